The molecule has 0 saturated carbocycles. The van der Waals surface area contributed by atoms with Crippen molar-refractivity contribution in [3.63, 3.8) is 0 Å². The Bertz CT molecular complexity index is 455. The standard InChI is InChI=1S/C17H29N3O4.ClH/c21-15(19-8-5-17(23)24)10-14-2-1-9-20(12-14)16(22)11-13-3-6-18-7-4-13;/h13-14,18H,1-12H2,(H,19,21)(H,23,24);1H. The van der Waals surface area contributed by atoms with E-state index < -0.39 is 5.97 Å². The molecule has 25 heavy (non-hydrogen) atoms. The maximum absolute atomic E-state index is 12.5. The minimum absolute atomic E-state index is 0. The molecule has 0 aromatic carbocycles. The molecule has 1 unspecified atom stereocenters. The summed E-state index contributed by atoms with van der Waals surface area (Å²) in [6.07, 6.45) is 4.95. The summed E-state index contributed by atoms with van der Waals surface area (Å²) in [5, 5.41) is 14.5. The zero-order valence-electron chi connectivity index (χ0n) is 14.7. The van der Waals surface area contributed by atoms with Crippen LogP contribution < -0.4 is 10.6 Å². The number of carbonyl (C=O) groups is 3. The third-order valence-corrected chi connectivity index (χ3v) is 4.93. The number of likely N-dealkylation sites (tertiary alicyclic amines) is 1. The van der Waals surface area contributed by atoms with Crippen molar-refractivity contribution in [2.45, 2.75) is 44.9 Å². The number of carbonyl (C=O) groups excluding carboxylic acids is 2. The predicted molar refractivity (Wildman–Crippen MR) is 96.6 cm³/mol. The Labute approximate surface area is 155 Å². The SMILES string of the molecule is Cl.O=C(O)CCNC(=O)CC1CCCN(C(=O)CC2CCNCC2)C1. The van der Waals surface area contributed by atoms with Crippen molar-refractivity contribution in [3.8, 4) is 0 Å². The van der Waals surface area contributed by atoms with E-state index in [1.54, 1.807) is 0 Å². The molecule has 2 fully saturated rings. The molecule has 0 spiro atoms. The van der Waals surface area contributed by atoms with Gasteiger partial charge in [0.2, 0.25) is 11.8 Å². The number of carboxylic acid groups (broad SMARTS) is 1. The van der Waals surface area contributed by atoms with Gasteiger partial charge in [0.15, 0.2) is 0 Å². The average Bonchev–Trinajstić information content (AvgIpc) is 2.55. The molecule has 0 radical (unpaired) electrons. The summed E-state index contributed by atoms with van der Waals surface area (Å²) in [7, 11) is 0. The van der Waals surface area contributed by atoms with Gasteiger partial charge in [-0.2, -0.15) is 0 Å². The first-order valence-corrected chi connectivity index (χ1v) is 9.01. The molecule has 2 amide bonds. The summed E-state index contributed by atoms with van der Waals surface area (Å²) >= 11 is 0. The van der Waals surface area contributed by atoms with Gasteiger partial charge >= 0.3 is 5.97 Å². The Kier molecular flexibility index (Phi) is 9.82. The first kappa shape index (κ1) is 21.7. The molecule has 0 aromatic rings. The molecule has 2 aliphatic heterocycles. The normalized spacial score (nSPS) is 21.3. The van der Waals surface area contributed by atoms with Gasteiger partial charge in [-0.1, -0.05) is 0 Å². The van der Waals surface area contributed by atoms with Crippen molar-refractivity contribution in [1.29, 1.82) is 0 Å². The first-order chi connectivity index (χ1) is 11.5. The molecule has 7 nitrogen and oxygen atoms in total. The van der Waals surface area contributed by atoms with Crippen LogP contribution in [-0.2, 0) is 14.4 Å². The third kappa shape index (κ3) is 8.05. The summed E-state index contributed by atoms with van der Waals surface area (Å²) in [5.41, 5.74) is 0. The molecule has 2 heterocycles. The Balaban J connectivity index is 0.00000312. The molecule has 2 rings (SSSR count). The van der Waals surface area contributed by atoms with Crippen LogP contribution in [-0.4, -0.2) is 60.5 Å². The van der Waals surface area contributed by atoms with Crippen LogP contribution in [0.5, 0.6) is 0 Å². The Morgan fingerprint density at radius 1 is 1.08 bits per heavy atom. The zero-order valence-corrected chi connectivity index (χ0v) is 15.5. The number of hydrogen-bond donors (Lipinski definition) is 3. The second kappa shape index (κ2) is 11.3. The summed E-state index contributed by atoms with van der Waals surface area (Å²) < 4.78 is 0. The van der Waals surface area contributed by atoms with E-state index in [1.165, 1.54) is 0 Å². The summed E-state index contributed by atoms with van der Waals surface area (Å²) in [6, 6.07) is 0. The number of hydrogen-bond acceptors (Lipinski definition) is 4. The lowest BCUT2D eigenvalue weighted by molar-refractivity contribution is -0.137. The molecule has 144 valence electrons. The van der Waals surface area contributed by atoms with Gasteiger partial charge in [-0.3, -0.25) is 14.4 Å². The van der Waals surface area contributed by atoms with E-state index in [0.29, 0.717) is 25.3 Å². The van der Waals surface area contributed by atoms with Crippen LogP contribution in [0, 0.1) is 11.8 Å². The molecule has 0 bridgehead atoms. The molecular weight excluding hydrogens is 346 g/mol. The van der Waals surface area contributed by atoms with Gasteiger partial charge in [0.25, 0.3) is 0 Å². The van der Waals surface area contributed by atoms with Gasteiger partial charge in [0, 0.05) is 32.5 Å². The second-order valence-electron chi connectivity index (χ2n) is 6.94. The van der Waals surface area contributed by atoms with Gasteiger partial charge in [0.1, 0.15) is 0 Å². The van der Waals surface area contributed by atoms with Gasteiger partial charge in [-0.25, -0.2) is 0 Å². The fourth-order valence-corrected chi connectivity index (χ4v) is 3.56. The van der Waals surface area contributed by atoms with E-state index in [1.807, 2.05) is 4.90 Å². The van der Waals surface area contributed by atoms with Crippen molar-refractivity contribution < 1.29 is 19.5 Å². The predicted octanol–water partition coefficient (Wildman–Crippen LogP) is 1.02. The van der Waals surface area contributed by atoms with Crippen LogP contribution in [0.2, 0.25) is 0 Å². The summed E-state index contributed by atoms with van der Waals surface area (Å²) in [6.45, 7) is 3.60. The minimum atomic E-state index is -0.914. The van der Waals surface area contributed by atoms with Gasteiger partial charge in [-0.05, 0) is 50.6 Å². The largest absolute Gasteiger partial charge is 0.481 e. The van der Waals surface area contributed by atoms with Gasteiger partial charge in [0.05, 0.1) is 6.42 Å². The zero-order chi connectivity index (χ0) is 17.4. The third-order valence-electron chi connectivity index (χ3n) is 4.93. The second-order valence-corrected chi connectivity index (χ2v) is 6.94. The van der Waals surface area contributed by atoms with E-state index in [0.717, 1.165) is 45.3 Å². The monoisotopic (exact) mass is 375 g/mol. The van der Waals surface area contributed by atoms with Crippen molar-refractivity contribution >= 4 is 30.2 Å². The lowest BCUT2D eigenvalue weighted by Gasteiger charge is -2.34. The molecule has 2 aliphatic rings. The Morgan fingerprint density at radius 2 is 1.80 bits per heavy atom. The smallest absolute Gasteiger partial charge is 0.305 e. The molecular formula is C17H30ClN3O4. The molecule has 1 atom stereocenters. The van der Waals surface area contributed by atoms with Crippen molar-refractivity contribution in [2.75, 3.05) is 32.7 Å². The lowest BCUT2D eigenvalue weighted by atomic mass is 9.91. The number of nitrogens with one attached hydrogen (secondary N) is 2. The number of piperidine rings is 2. The highest BCUT2D eigenvalue weighted by molar-refractivity contribution is 5.85. The highest BCUT2D eigenvalue weighted by Crippen LogP contribution is 2.23. The van der Waals surface area contributed by atoms with Gasteiger partial charge < -0.3 is 20.6 Å². The quantitative estimate of drug-likeness (QED) is 0.617. The summed E-state index contributed by atoms with van der Waals surface area (Å²) in [5.74, 6) is -0.145. The van der Waals surface area contributed by atoms with Crippen molar-refractivity contribution in [1.82, 2.24) is 15.5 Å². The van der Waals surface area contributed by atoms with Crippen LogP contribution >= 0.6 is 12.4 Å². The van der Waals surface area contributed by atoms with Crippen LogP contribution in [0.15, 0.2) is 0 Å². The average molecular weight is 376 g/mol. The van der Waals surface area contributed by atoms with Crippen LogP contribution in [0.25, 0.3) is 0 Å². The highest BCUT2D eigenvalue weighted by atomic mass is 35.5. The lowest BCUT2D eigenvalue weighted by Crippen LogP contribution is -2.42. The van der Waals surface area contributed by atoms with Gasteiger partial charge in [-0.15, -0.1) is 12.4 Å². The fourth-order valence-electron chi connectivity index (χ4n) is 3.56. The van der Waals surface area contributed by atoms with Crippen LogP contribution in [0.1, 0.15) is 44.9 Å². The van der Waals surface area contributed by atoms with E-state index in [9.17, 15) is 14.4 Å². The number of amides is 2. The fraction of sp³-hybridized carbons (Fsp3) is 0.824. The number of carboxylic acids is 1. The van der Waals surface area contributed by atoms with Crippen molar-refractivity contribution in [3.05, 3.63) is 0 Å². The van der Waals surface area contributed by atoms with E-state index in [-0.39, 0.29) is 43.1 Å². The van der Waals surface area contributed by atoms with Crippen LogP contribution in [0.4, 0.5) is 0 Å². The summed E-state index contributed by atoms with van der Waals surface area (Å²) in [4.78, 5) is 36.7. The molecule has 2 saturated heterocycles. The molecule has 8 heteroatoms. The maximum Gasteiger partial charge on any atom is 0.305 e. The molecule has 0 aliphatic carbocycles. The molecule has 3 N–H and O–H groups in total. The van der Waals surface area contributed by atoms with E-state index in [4.69, 9.17) is 5.11 Å². The number of rotatable bonds is 7. The number of aliphatic carboxylic acids is 1. The van der Waals surface area contributed by atoms with Crippen LogP contribution in [0.3, 0.4) is 0 Å². The Morgan fingerprint density at radius 3 is 2.48 bits per heavy atom. The topological polar surface area (TPSA) is 98.7 Å². The first-order valence-electron chi connectivity index (χ1n) is 9.01. The minimum Gasteiger partial charge on any atom is -0.481 e. The van der Waals surface area contributed by atoms with Crippen molar-refractivity contribution in [2.24, 2.45) is 11.8 Å². The number of nitrogens with zero attached hydrogens (tertiary/aromatic N) is 1. The van der Waals surface area contributed by atoms with E-state index >= 15 is 0 Å². The highest BCUT2D eigenvalue weighted by Gasteiger charge is 2.27. The van der Waals surface area contributed by atoms with E-state index in [2.05, 4.69) is 10.6 Å². The number of halogens is 1. The molecule has 0 aromatic heterocycles. The Hall–Kier alpha value is -1.34. The maximum atomic E-state index is 12.5.